The number of rotatable bonds is 6. The van der Waals surface area contributed by atoms with Crippen molar-refractivity contribution in [3.8, 4) is 0 Å². The Morgan fingerprint density at radius 3 is 2.57 bits per heavy atom. The van der Waals surface area contributed by atoms with Gasteiger partial charge in [-0.3, -0.25) is 0 Å². The molecule has 1 aliphatic heterocycles. The predicted molar refractivity (Wildman–Crippen MR) is 85.3 cm³/mol. The zero-order valence-electron chi connectivity index (χ0n) is 13.0. The Hall–Kier alpha value is -1.13. The van der Waals surface area contributed by atoms with Crippen LogP contribution in [-0.2, 0) is 11.3 Å². The van der Waals surface area contributed by atoms with Crippen LogP contribution in [0.25, 0.3) is 0 Å². The highest BCUT2D eigenvalue weighted by Gasteiger charge is 2.13. The monoisotopic (exact) mass is 294 g/mol. The normalized spacial score (nSPS) is 16.6. The largest absolute Gasteiger partial charge is 0.383 e. The quantitative estimate of drug-likeness (QED) is 0.815. The molecule has 4 heteroatoms. The minimum atomic E-state index is -0.158. The van der Waals surface area contributed by atoms with E-state index in [0.717, 1.165) is 25.2 Å². The number of methoxy groups -OCH3 is 1. The van der Waals surface area contributed by atoms with Crippen LogP contribution in [-0.4, -0.2) is 33.4 Å². The van der Waals surface area contributed by atoms with Crippen LogP contribution < -0.4 is 10.2 Å². The predicted octanol–water partition coefficient (Wildman–Crippen LogP) is 3.33. The third kappa shape index (κ3) is 5.29. The summed E-state index contributed by atoms with van der Waals surface area (Å²) in [5.74, 6) is -0.158. The van der Waals surface area contributed by atoms with Crippen molar-refractivity contribution in [2.75, 3.05) is 38.3 Å². The molecule has 118 valence electrons. The average Bonchev–Trinajstić information content (AvgIpc) is 2.44. The van der Waals surface area contributed by atoms with E-state index < -0.39 is 0 Å². The highest BCUT2D eigenvalue weighted by atomic mass is 19.1. The molecule has 1 heterocycles. The Balaban J connectivity index is 2.05. The van der Waals surface area contributed by atoms with Gasteiger partial charge in [0.15, 0.2) is 0 Å². The van der Waals surface area contributed by atoms with Crippen LogP contribution in [0, 0.1) is 5.82 Å². The van der Waals surface area contributed by atoms with E-state index in [2.05, 4.69) is 10.2 Å². The second-order valence-corrected chi connectivity index (χ2v) is 5.70. The number of hydrogen-bond donors (Lipinski definition) is 1. The van der Waals surface area contributed by atoms with Crippen LogP contribution in [0.15, 0.2) is 18.2 Å². The Bertz CT molecular complexity index is 417. The first-order valence-corrected chi connectivity index (χ1v) is 8.04. The molecule has 1 saturated heterocycles. The molecule has 1 aliphatic rings. The molecule has 1 N–H and O–H groups in total. The Labute approximate surface area is 127 Å². The zero-order chi connectivity index (χ0) is 14.9. The first kappa shape index (κ1) is 16.2. The van der Waals surface area contributed by atoms with Gasteiger partial charge >= 0.3 is 0 Å². The van der Waals surface area contributed by atoms with E-state index in [1.165, 1.54) is 37.8 Å². The molecule has 0 bridgehead atoms. The van der Waals surface area contributed by atoms with E-state index in [1.54, 1.807) is 19.2 Å². The van der Waals surface area contributed by atoms with Crippen molar-refractivity contribution in [2.45, 2.75) is 38.6 Å². The Morgan fingerprint density at radius 1 is 1.14 bits per heavy atom. The number of halogens is 1. The maximum atomic E-state index is 13.6. The first-order valence-electron chi connectivity index (χ1n) is 8.04. The van der Waals surface area contributed by atoms with Gasteiger partial charge in [-0.05, 0) is 36.6 Å². The van der Waals surface area contributed by atoms with Crippen molar-refractivity contribution in [1.29, 1.82) is 0 Å². The van der Waals surface area contributed by atoms with Crippen LogP contribution in [0.5, 0.6) is 0 Å². The molecule has 0 radical (unpaired) electrons. The lowest BCUT2D eigenvalue weighted by Crippen LogP contribution is -2.29. The van der Waals surface area contributed by atoms with Crippen molar-refractivity contribution in [3.05, 3.63) is 29.6 Å². The summed E-state index contributed by atoms with van der Waals surface area (Å²) < 4.78 is 18.6. The number of anilines is 1. The van der Waals surface area contributed by atoms with Crippen molar-refractivity contribution in [3.63, 3.8) is 0 Å². The molecule has 1 aromatic rings. The summed E-state index contributed by atoms with van der Waals surface area (Å²) in [7, 11) is 1.69. The van der Waals surface area contributed by atoms with E-state index in [1.807, 2.05) is 6.07 Å². The number of benzene rings is 1. The molecule has 0 atom stereocenters. The number of ether oxygens (including phenoxy) is 1. The molecule has 21 heavy (non-hydrogen) atoms. The van der Waals surface area contributed by atoms with Crippen LogP contribution in [0.2, 0.25) is 0 Å². The van der Waals surface area contributed by atoms with E-state index >= 15 is 0 Å². The molecule has 0 saturated carbocycles. The smallest absolute Gasteiger partial charge is 0.123 e. The first-order chi connectivity index (χ1) is 10.3. The fourth-order valence-corrected chi connectivity index (χ4v) is 2.89. The maximum absolute atomic E-state index is 13.6. The van der Waals surface area contributed by atoms with Gasteiger partial charge in [0.25, 0.3) is 0 Å². The van der Waals surface area contributed by atoms with Gasteiger partial charge in [0.2, 0.25) is 0 Å². The van der Waals surface area contributed by atoms with Gasteiger partial charge in [0.05, 0.1) is 6.61 Å². The minimum absolute atomic E-state index is 0.158. The second kappa shape index (κ2) is 9.00. The van der Waals surface area contributed by atoms with E-state index in [4.69, 9.17) is 4.74 Å². The van der Waals surface area contributed by atoms with Crippen LogP contribution in [0.4, 0.5) is 10.1 Å². The summed E-state index contributed by atoms with van der Waals surface area (Å²) in [5, 5.41) is 3.32. The molecule has 0 amide bonds. The van der Waals surface area contributed by atoms with E-state index in [0.29, 0.717) is 13.2 Å². The number of nitrogens with zero attached hydrogens (tertiary/aromatic N) is 1. The standard InChI is InChI=1S/C17H27FN2O/c1-21-12-9-19-14-15-13-16(18)7-8-17(15)20-10-5-3-2-4-6-11-20/h7-8,13,19H,2-6,9-12,14H2,1H3. The Morgan fingerprint density at radius 2 is 1.86 bits per heavy atom. The summed E-state index contributed by atoms with van der Waals surface area (Å²) in [5.41, 5.74) is 2.23. The van der Waals surface area contributed by atoms with Crippen LogP contribution in [0.1, 0.15) is 37.7 Å². The third-order valence-corrected chi connectivity index (χ3v) is 4.04. The maximum Gasteiger partial charge on any atom is 0.123 e. The lowest BCUT2D eigenvalue weighted by Gasteiger charge is -2.29. The molecule has 0 aliphatic carbocycles. The van der Waals surface area contributed by atoms with Gasteiger partial charge in [0, 0.05) is 39.0 Å². The molecule has 2 rings (SSSR count). The van der Waals surface area contributed by atoms with Crippen molar-refractivity contribution in [1.82, 2.24) is 5.32 Å². The third-order valence-electron chi connectivity index (χ3n) is 4.04. The molecule has 1 aromatic carbocycles. The summed E-state index contributed by atoms with van der Waals surface area (Å²) in [6.45, 7) is 4.31. The van der Waals surface area contributed by atoms with Gasteiger partial charge in [-0.1, -0.05) is 19.3 Å². The van der Waals surface area contributed by atoms with E-state index in [-0.39, 0.29) is 5.82 Å². The molecule has 1 fully saturated rings. The summed E-state index contributed by atoms with van der Waals surface area (Å²) in [4.78, 5) is 2.42. The topological polar surface area (TPSA) is 24.5 Å². The van der Waals surface area contributed by atoms with Gasteiger partial charge in [-0.2, -0.15) is 0 Å². The lowest BCUT2D eigenvalue weighted by atomic mass is 10.1. The minimum Gasteiger partial charge on any atom is -0.383 e. The summed E-state index contributed by atoms with van der Waals surface area (Å²) in [6, 6.07) is 5.17. The molecular formula is C17H27FN2O. The van der Waals surface area contributed by atoms with E-state index in [9.17, 15) is 4.39 Å². The zero-order valence-corrected chi connectivity index (χ0v) is 13.0. The fraction of sp³-hybridized carbons (Fsp3) is 0.647. The van der Waals surface area contributed by atoms with Gasteiger partial charge in [0.1, 0.15) is 5.82 Å². The van der Waals surface area contributed by atoms with Gasteiger partial charge in [-0.25, -0.2) is 4.39 Å². The second-order valence-electron chi connectivity index (χ2n) is 5.70. The fourth-order valence-electron chi connectivity index (χ4n) is 2.89. The highest BCUT2D eigenvalue weighted by molar-refractivity contribution is 5.54. The molecule has 0 unspecified atom stereocenters. The molecule has 3 nitrogen and oxygen atoms in total. The SMILES string of the molecule is COCCNCc1cc(F)ccc1N1CCCCCCC1. The molecule has 0 aromatic heterocycles. The van der Waals surface area contributed by atoms with Gasteiger partial charge < -0.3 is 15.0 Å². The van der Waals surface area contributed by atoms with Crippen molar-refractivity contribution < 1.29 is 9.13 Å². The average molecular weight is 294 g/mol. The van der Waals surface area contributed by atoms with Crippen molar-refractivity contribution >= 4 is 5.69 Å². The Kier molecular flexibility index (Phi) is 6.96. The van der Waals surface area contributed by atoms with Gasteiger partial charge in [-0.15, -0.1) is 0 Å². The summed E-state index contributed by atoms with van der Waals surface area (Å²) >= 11 is 0. The lowest BCUT2D eigenvalue weighted by molar-refractivity contribution is 0.199. The molecular weight excluding hydrogens is 267 g/mol. The summed E-state index contributed by atoms with van der Waals surface area (Å²) in [6.07, 6.45) is 6.42. The molecule has 0 spiro atoms. The van der Waals surface area contributed by atoms with Crippen LogP contribution in [0.3, 0.4) is 0 Å². The van der Waals surface area contributed by atoms with Crippen LogP contribution >= 0.6 is 0 Å². The van der Waals surface area contributed by atoms with Crippen molar-refractivity contribution in [2.24, 2.45) is 0 Å². The number of hydrogen-bond acceptors (Lipinski definition) is 3. The number of nitrogens with one attached hydrogen (secondary N) is 1. The highest BCUT2D eigenvalue weighted by Crippen LogP contribution is 2.24.